The largest absolute Gasteiger partial charge is 0.370 e. The summed E-state index contributed by atoms with van der Waals surface area (Å²) in [5, 5.41) is 3.66. The predicted octanol–water partition coefficient (Wildman–Crippen LogP) is 3.21. The first-order valence-corrected chi connectivity index (χ1v) is 7.24. The molecule has 0 spiro atoms. The van der Waals surface area contributed by atoms with Gasteiger partial charge in [0.2, 0.25) is 0 Å². The number of rotatable bonds is 4. The van der Waals surface area contributed by atoms with Gasteiger partial charge in [-0.25, -0.2) is 0 Å². The zero-order chi connectivity index (χ0) is 13.0. The van der Waals surface area contributed by atoms with Crippen LogP contribution in [0, 0.1) is 12.8 Å². The fourth-order valence-corrected chi connectivity index (χ4v) is 2.94. The molecule has 2 unspecified atom stereocenters. The lowest BCUT2D eigenvalue weighted by molar-refractivity contribution is 0.321. The van der Waals surface area contributed by atoms with Crippen molar-refractivity contribution in [2.24, 2.45) is 5.92 Å². The smallest absolute Gasteiger partial charge is 0.0396 e. The molecule has 1 fully saturated rings. The van der Waals surface area contributed by atoms with Crippen LogP contribution in [-0.4, -0.2) is 25.7 Å². The molecule has 0 bridgehead atoms. The van der Waals surface area contributed by atoms with E-state index in [-0.39, 0.29) is 0 Å². The van der Waals surface area contributed by atoms with Gasteiger partial charge in [0.05, 0.1) is 0 Å². The molecule has 0 amide bonds. The Morgan fingerprint density at radius 3 is 2.78 bits per heavy atom. The average molecular weight is 246 g/mol. The number of nitrogens with one attached hydrogen (secondary N) is 1. The van der Waals surface area contributed by atoms with Crippen molar-refractivity contribution in [1.29, 1.82) is 0 Å². The summed E-state index contributed by atoms with van der Waals surface area (Å²) in [7, 11) is 0. The first-order chi connectivity index (χ1) is 8.70. The van der Waals surface area contributed by atoms with Gasteiger partial charge in [0.25, 0.3) is 0 Å². The Morgan fingerprint density at radius 2 is 2.11 bits per heavy atom. The fourth-order valence-electron chi connectivity index (χ4n) is 2.94. The summed E-state index contributed by atoms with van der Waals surface area (Å²) >= 11 is 0. The van der Waals surface area contributed by atoms with Gasteiger partial charge >= 0.3 is 0 Å². The minimum absolute atomic E-state index is 0.647. The van der Waals surface area contributed by atoms with Gasteiger partial charge in [-0.1, -0.05) is 25.1 Å². The fraction of sp³-hybridized carbons (Fsp3) is 0.625. The van der Waals surface area contributed by atoms with Crippen LogP contribution in [0.15, 0.2) is 24.3 Å². The molecular weight excluding hydrogens is 220 g/mol. The predicted molar refractivity (Wildman–Crippen MR) is 79.3 cm³/mol. The molecule has 1 saturated heterocycles. The molecule has 18 heavy (non-hydrogen) atoms. The molecule has 2 atom stereocenters. The summed E-state index contributed by atoms with van der Waals surface area (Å²) in [4.78, 5) is 2.50. The van der Waals surface area contributed by atoms with Gasteiger partial charge in [0.15, 0.2) is 0 Å². The van der Waals surface area contributed by atoms with Crippen LogP contribution in [0.1, 0.15) is 32.3 Å². The Balaban J connectivity index is 2.03. The van der Waals surface area contributed by atoms with Gasteiger partial charge in [-0.3, -0.25) is 0 Å². The third-order valence-electron chi connectivity index (χ3n) is 4.04. The number of hydrogen-bond donors (Lipinski definition) is 1. The molecule has 1 heterocycles. The average Bonchev–Trinajstić information content (AvgIpc) is 2.37. The van der Waals surface area contributed by atoms with Gasteiger partial charge in [-0.15, -0.1) is 0 Å². The summed E-state index contributed by atoms with van der Waals surface area (Å²) in [5.74, 6) is 0.867. The van der Waals surface area contributed by atoms with Gasteiger partial charge in [0, 0.05) is 24.8 Å². The standard InChI is InChI=1S/C16H26N2/c1-4-18(16-8-6-5-7-14(16)3)12-15-11-13(2)9-10-17-15/h5-8,13,15,17H,4,9-12H2,1-3H3. The highest BCUT2D eigenvalue weighted by atomic mass is 15.2. The zero-order valence-corrected chi connectivity index (χ0v) is 11.9. The highest BCUT2D eigenvalue weighted by Gasteiger charge is 2.20. The number of para-hydroxylation sites is 1. The van der Waals surface area contributed by atoms with E-state index >= 15 is 0 Å². The van der Waals surface area contributed by atoms with Crippen LogP contribution in [0.2, 0.25) is 0 Å². The summed E-state index contributed by atoms with van der Waals surface area (Å²) < 4.78 is 0. The third-order valence-corrected chi connectivity index (χ3v) is 4.04. The minimum Gasteiger partial charge on any atom is -0.370 e. The second-order valence-electron chi connectivity index (χ2n) is 5.61. The van der Waals surface area contributed by atoms with Crippen molar-refractivity contribution >= 4 is 5.69 Å². The second-order valence-corrected chi connectivity index (χ2v) is 5.61. The van der Waals surface area contributed by atoms with Crippen LogP contribution < -0.4 is 10.2 Å². The molecule has 2 nitrogen and oxygen atoms in total. The normalized spacial score (nSPS) is 23.9. The summed E-state index contributed by atoms with van der Waals surface area (Å²) in [5.41, 5.74) is 2.77. The molecule has 1 aromatic carbocycles. The summed E-state index contributed by atoms with van der Waals surface area (Å²) in [6.07, 6.45) is 2.63. The molecule has 2 heteroatoms. The van der Waals surface area contributed by atoms with E-state index in [0.29, 0.717) is 6.04 Å². The first-order valence-electron chi connectivity index (χ1n) is 7.24. The van der Waals surface area contributed by atoms with E-state index in [0.717, 1.165) is 19.0 Å². The van der Waals surface area contributed by atoms with Crippen molar-refractivity contribution in [3.8, 4) is 0 Å². The molecule has 0 aromatic heterocycles. The number of piperidine rings is 1. The van der Waals surface area contributed by atoms with Crippen LogP contribution in [-0.2, 0) is 0 Å². The molecule has 1 N–H and O–H groups in total. The third kappa shape index (κ3) is 3.26. The van der Waals surface area contributed by atoms with Crippen molar-refractivity contribution in [2.75, 3.05) is 24.5 Å². The number of benzene rings is 1. The van der Waals surface area contributed by atoms with E-state index in [4.69, 9.17) is 0 Å². The van der Waals surface area contributed by atoms with Gasteiger partial charge in [-0.05, 0) is 50.8 Å². The van der Waals surface area contributed by atoms with Crippen LogP contribution in [0.25, 0.3) is 0 Å². The Kier molecular flexibility index (Phi) is 4.65. The number of likely N-dealkylation sites (N-methyl/N-ethyl adjacent to an activating group) is 1. The molecule has 2 rings (SSSR count). The topological polar surface area (TPSA) is 15.3 Å². The Bertz CT molecular complexity index is 375. The van der Waals surface area contributed by atoms with Crippen molar-refractivity contribution in [3.63, 3.8) is 0 Å². The summed E-state index contributed by atoms with van der Waals surface area (Å²) in [6, 6.07) is 9.35. The van der Waals surface area contributed by atoms with E-state index in [2.05, 4.69) is 55.3 Å². The molecule has 100 valence electrons. The van der Waals surface area contributed by atoms with Crippen molar-refractivity contribution < 1.29 is 0 Å². The molecular formula is C16H26N2. The molecule has 1 aliphatic rings. The molecule has 1 aliphatic heterocycles. The number of nitrogens with zero attached hydrogens (tertiary/aromatic N) is 1. The van der Waals surface area contributed by atoms with Crippen LogP contribution >= 0.6 is 0 Å². The molecule has 1 aromatic rings. The maximum atomic E-state index is 3.66. The zero-order valence-electron chi connectivity index (χ0n) is 11.9. The highest BCUT2D eigenvalue weighted by Crippen LogP contribution is 2.22. The van der Waals surface area contributed by atoms with Gasteiger partial charge in [-0.2, -0.15) is 0 Å². The SMILES string of the molecule is CCN(CC1CC(C)CCN1)c1ccccc1C. The maximum Gasteiger partial charge on any atom is 0.0396 e. The molecule has 0 radical (unpaired) electrons. The maximum absolute atomic E-state index is 3.66. The van der Waals surface area contributed by atoms with E-state index in [9.17, 15) is 0 Å². The summed E-state index contributed by atoms with van der Waals surface area (Å²) in [6.45, 7) is 10.2. The van der Waals surface area contributed by atoms with Crippen molar-refractivity contribution in [3.05, 3.63) is 29.8 Å². The highest BCUT2D eigenvalue weighted by molar-refractivity contribution is 5.53. The first kappa shape index (κ1) is 13.4. The lowest BCUT2D eigenvalue weighted by atomic mass is 9.94. The Morgan fingerprint density at radius 1 is 1.33 bits per heavy atom. The molecule has 0 aliphatic carbocycles. The van der Waals surface area contributed by atoms with Gasteiger partial charge < -0.3 is 10.2 Å². The van der Waals surface area contributed by atoms with Crippen molar-refractivity contribution in [2.45, 2.75) is 39.7 Å². The number of hydrogen-bond acceptors (Lipinski definition) is 2. The van der Waals surface area contributed by atoms with Crippen LogP contribution in [0.3, 0.4) is 0 Å². The van der Waals surface area contributed by atoms with E-state index in [1.54, 1.807) is 0 Å². The second kappa shape index (κ2) is 6.24. The van der Waals surface area contributed by atoms with Crippen LogP contribution in [0.4, 0.5) is 5.69 Å². The minimum atomic E-state index is 0.647. The quantitative estimate of drug-likeness (QED) is 0.877. The number of anilines is 1. The Hall–Kier alpha value is -1.02. The lowest BCUT2D eigenvalue weighted by Gasteiger charge is -2.34. The monoisotopic (exact) mass is 246 g/mol. The van der Waals surface area contributed by atoms with E-state index in [1.165, 1.54) is 30.6 Å². The van der Waals surface area contributed by atoms with Gasteiger partial charge in [0.1, 0.15) is 0 Å². The van der Waals surface area contributed by atoms with E-state index in [1.807, 2.05) is 0 Å². The molecule has 0 saturated carbocycles. The van der Waals surface area contributed by atoms with Crippen molar-refractivity contribution in [1.82, 2.24) is 5.32 Å². The van der Waals surface area contributed by atoms with Crippen LogP contribution in [0.5, 0.6) is 0 Å². The Labute approximate surface area is 111 Å². The number of aryl methyl sites for hydroxylation is 1. The lowest BCUT2D eigenvalue weighted by Crippen LogP contribution is -2.45. The van der Waals surface area contributed by atoms with E-state index < -0.39 is 0 Å².